The van der Waals surface area contributed by atoms with E-state index in [2.05, 4.69) is 22.8 Å². The molecule has 2 unspecified atom stereocenters. The first-order valence-corrected chi connectivity index (χ1v) is 7.54. The molecule has 1 aliphatic carbocycles. The first-order valence-electron chi connectivity index (χ1n) is 5.78. The highest BCUT2D eigenvalue weighted by Gasteiger charge is 2.34. The SMILES string of the molecule is CNC1(CO)CCCC(Sc2cccs2)C1. The number of hydrogen-bond acceptors (Lipinski definition) is 4. The van der Waals surface area contributed by atoms with Gasteiger partial charge in [0.1, 0.15) is 0 Å². The fraction of sp³-hybridized carbons (Fsp3) is 0.667. The number of hydrogen-bond donors (Lipinski definition) is 2. The summed E-state index contributed by atoms with van der Waals surface area (Å²) in [5, 5.41) is 15.6. The van der Waals surface area contributed by atoms with Gasteiger partial charge in [0, 0.05) is 10.8 Å². The third kappa shape index (κ3) is 2.80. The van der Waals surface area contributed by atoms with Crippen LogP contribution in [-0.2, 0) is 0 Å². The van der Waals surface area contributed by atoms with Crippen molar-refractivity contribution in [3.05, 3.63) is 17.5 Å². The Hall–Kier alpha value is -0.0300. The van der Waals surface area contributed by atoms with Crippen LogP contribution in [0.4, 0.5) is 0 Å². The van der Waals surface area contributed by atoms with Gasteiger partial charge in [-0.1, -0.05) is 12.5 Å². The van der Waals surface area contributed by atoms with Crippen LogP contribution in [0.1, 0.15) is 25.7 Å². The summed E-state index contributed by atoms with van der Waals surface area (Å²) >= 11 is 3.78. The lowest BCUT2D eigenvalue weighted by atomic mass is 9.82. The van der Waals surface area contributed by atoms with Gasteiger partial charge in [-0.15, -0.1) is 23.1 Å². The maximum atomic E-state index is 9.52. The predicted molar refractivity (Wildman–Crippen MR) is 71.3 cm³/mol. The molecule has 16 heavy (non-hydrogen) atoms. The van der Waals surface area contributed by atoms with Crippen molar-refractivity contribution in [3.63, 3.8) is 0 Å². The topological polar surface area (TPSA) is 32.3 Å². The largest absolute Gasteiger partial charge is 0.394 e. The predicted octanol–water partition coefficient (Wildman–Crippen LogP) is 2.73. The van der Waals surface area contributed by atoms with Crippen molar-refractivity contribution in [2.75, 3.05) is 13.7 Å². The van der Waals surface area contributed by atoms with Gasteiger partial charge >= 0.3 is 0 Å². The first-order chi connectivity index (χ1) is 7.78. The van der Waals surface area contributed by atoms with Gasteiger partial charge in [-0.25, -0.2) is 0 Å². The van der Waals surface area contributed by atoms with E-state index in [0.29, 0.717) is 5.25 Å². The zero-order chi connectivity index (χ0) is 11.4. The highest BCUT2D eigenvalue weighted by molar-refractivity contribution is 8.01. The van der Waals surface area contributed by atoms with Gasteiger partial charge in [-0.2, -0.15) is 0 Å². The van der Waals surface area contributed by atoms with Gasteiger partial charge in [-0.3, -0.25) is 0 Å². The van der Waals surface area contributed by atoms with E-state index in [1.54, 1.807) is 0 Å². The number of thiophene rings is 1. The summed E-state index contributed by atoms with van der Waals surface area (Å²) in [7, 11) is 1.97. The minimum absolute atomic E-state index is 0.0345. The van der Waals surface area contributed by atoms with E-state index >= 15 is 0 Å². The Bertz CT molecular complexity index is 309. The van der Waals surface area contributed by atoms with Crippen LogP contribution in [0.3, 0.4) is 0 Å². The molecular formula is C12H19NOS2. The number of rotatable bonds is 4. The lowest BCUT2D eigenvalue weighted by Gasteiger charge is -2.39. The molecule has 90 valence electrons. The number of likely N-dealkylation sites (N-methyl/N-ethyl adjacent to an activating group) is 1. The second kappa shape index (κ2) is 5.54. The third-order valence-corrected chi connectivity index (χ3v) is 5.75. The van der Waals surface area contributed by atoms with Crippen LogP contribution >= 0.6 is 23.1 Å². The summed E-state index contributed by atoms with van der Waals surface area (Å²) in [5.41, 5.74) is -0.0345. The van der Waals surface area contributed by atoms with E-state index in [9.17, 15) is 5.11 Å². The lowest BCUT2D eigenvalue weighted by Crippen LogP contribution is -2.50. The summed E-state index contributed by atoms with van der Waals surface area (Å²) in [6.45, 7) is 0.255. The second-order valence-electron chi connectivity index (χ2n) is 4.46. The monoisotopic (exact) mass is 257 g/mol. The van der Waals surface area contributed by atoms with Crippen molar-refractivity contribution in [1.29, 1.82) is 0 Å². The molecule has 1 aromatic rings. The Kier molecular flexibility index (Phi) is 4.30. The maximum Gasteiger partial charge on any atom is 0.0613 e. The van der Waals surface area contributed by atoms with Crippen LogP contribution in [0.25, 0.3) is 0 Å². The van der Waals surface area contributed by atoms with Crippen LogP contribution in [0.2, 0.25) is 0 Å². The van der Waals surface area contributed by atoms with E-state index in [0.717, 1.165) is 12.8 Å². The second-order valence-corrected chi connectivity index (χ2v) is 7.01. The van der Waals surface area contributed by atoms with Crippen LogP contribution in [0.15, 0.2) is 21.7 Å². The van der Waals surface area contributed by atoms with Crippen molar-refractivity contribution in [3.8, 4) is 0 Å². The van der Waals surface area contributed by atoms with Crippen LogP contribution < -0.4 is 5.32 Å². The molecule has 1 aromatic heterocycles. The van der Waals surface area contributed by atoms with Gasteiger partial charge in [-0.05, 0) is 37.8 Å². The van der Waals surface area contributed by atoms with Crippen LogP contribution in [0.5, 0.6) is 0 Å². The number of aliphatic hydroxyl groups is 1. The molecule has 0 aliphatic heterocycles. The van der Waals surface area contributed by atoms with Crippen molar-refractivity contribution >= 4 is 23.1 Å². The van der Waals surface area contributed by atoms with Crippen molar-refractivity contribution in [2.45, 2.75) is 40.7 Å². The van der Waals surface area contributed by atoms with Crippen LogP contribution in [-0.4, -0.2) is 29.5 Å². The maximum absolute atomic E-state index is 9.52. The summed E-state index contributed by atoms with van der Waals surface area (Å²) in [5.74, 6) is 0. The van der Waals surface area contributed by atoms with Gasteiger partial charge in [0.25, 0.3) is 0 Å². The van der Waals surface area contributed by atoms with E-state index < -0.39 is 0 Å². The molecule has 1 fully saturated rings. The Morgan fingerprint density at radius 3 is 3.19 bits per heavy atom. The van der Waals surface area contributed by atoms with E-state index in [1.807, 2.05) is 30.1 Å². The van der Waals surface area contributed by atoms with Gasteiger partial charge in [0.15, 0.2) is 0 Å². The molecule has 0 spiro atoms. The normalized spacial score (nSPS) is 30.5. The molecule has 0 radical (unpaired) electrons. The fourth-order valence-corrected chi connectivity index (χ4v) is 4.77. The molecule has 0 saturated heterocycles. The summed E-state index contributed by atoms with van der Waals surface area (Å²) in [6, 6.07) is 4.29. The Morgan fingerprint density at radius 2 is 2.56 bits per heavy atom. The van der Waals surface area contributed by atoms with Crippen LogP contribution in [0, 0.1) is 0 Å². The molecule has 2 atom stereocenters. The summed E-state index contributed by atoms with van der Waals surface area (Å²) in [4.78, 5) is 0. The highest BCUT2D eigenvalue weighted by Crippen LogP contribution is 2.39. The minimum atomic E-state index is -0.0345. The zero-order valence-corrected chi connectivity index (χ0v) is 11.2. The smallest absolute Gasteiger partial charge is 0.0613 e. The van der Waals surface area contributed by atoms with E-state index in [-0.39, 0.29) is 12.1 Å². The Morgan fingerprint density at radius 1 is 1.69 bits per heavy atom. The van der Waals surface area contributed by atoms with E-state index in [4.69, 9.17) is 0 Å². The molecule has 2 rings (SSSR count). The molecule has 4 heteroatoms. The Labute approximate surface area is 105 Å². The molecule has 1 aliphatic rings. The standard InChI is InChI=1S/C12H19NOS2/c1-13-12(9-14)6-2-4-10(8-12)16-11-5-3-7-15-11/h3,5,7,10,13-14H,2,4,6,8-9H2,1H3. The van der Waals surface area contributed by atoms with Crippen molar-refractivity contribution in [2.24, 2.45) is 0 Å². The van der Waals surface area contributed by atoms with Crippen molar-refractivity contribution in [1.82, 2.24) is 5.32 Å². The number of thioether (sulfide) groups is 1. The molecule has 2 N–H and O–H groups in total. The summed E-state index contributed by atoms with van der Waals surface area (Å²) < 4.78 is 1.40. The molecule has 1 saturated carbocycles. The molecule has 0 bridgehead atoms. The van der Waals surface area contributed by atoms with Gasteiger partial charge in [0.05, 0.1) is 10.8 Å². The highest BCUT2D eigenvalue weighted by atomic mass is 32.2. The van der Waals surface area contributed by atoms with Gasteiger partial charge < -0.3 is 10.4 Å². The average Bonchev–Trinajstić information content (AvgIpc) is 2.82. The van der Waals surface area contributed by atoms with Gasteiger partial charge in [0.2, 0.25) is 0 Å². The third-order valence-electron chi connectivity index (χ3n) is 3.41. The van der Waals surface area contributed by atoms with E-state index in [1.165, 1.54) is 17.1 Å². The quantitative estimate of drug-likeness (QED) is 0.870. The average molecular weight is 257 g/mol. The minimum Gasteiger partial charge on any atom is -0.394 e. The summed E-state index contributed by atoms with van der Waals surface area (Å²) in [6.07, 6.45) is 4.65. The number of nitrogens with one attached hydrogen (secondary N) is 1. The molecule has 1 heterocycles. The lowest BCUT2D eigenvalue weighted by molar-refractivity contribution is 0.131. The fourth-order valence-electron chi connectivity index (χ4n) is 2.35. The number of aliphatic hydroxyl groups excluding tert-OH is 1. The molecule has 0 aromatic carbocycles. The van der Waals surface area contributed by atoms with Crippen molar-refractivity contribution < 1.29 is 5.11 Å². The Balaban J connectivity index is 1.96. The molecular weight excluding hydrogens is 238 g/mol. The zero-order valence-electron chi connectivity index (χ0n) is 9.61. The first kappa shape index (κ1) is 12.4. The molecule has 0 amide bonds. The molecule has 2 nitrogen and oxygen atoms in total.